The lowest BCUT2D eigenvalue weighted by atomic mass is 10.0. The first-order valence-corrected chi connectivity index (χ1v) is 8.07. The molecule has 1 aromatic rings. The molecule has 3 heteroatoms. The zero-order chi connectivity index (χ0) is 15.0. The van der Waals surface area contributed by atoms with Crippen LogP contribution < -0.4 is 10.1 Å². The van der Waals surface area contributed by atoms with Crippen molar-refractivity contribution in [1.29, 1.82) is 0 Å². The van der Waals surface area contributed by atoms with E-state index >= 15 is 0 Å². The second kappa shape index (κ2) is 9.25. The first kappa shape index (κ1) is 17.3. The Kier molecular flexibility index (Phi) is 8.01. The topological polar surface area (TPSA) is 21.3 Å². The largest absolute Gasteiger partial charge is 0.493 e. The zero-order valence-corrected chi connectivity index (χ0v) is 14.0. The van der Waals surface area contributed by atoms with Crippen LogP contribution in [0.25, 0.3) is 0 Å². The maximum absolute atomic E-state index is 6.26. The van der Waals surface area contributed by atoms with Crippen molar-refractivity contribution in [2.75, 3.05) is 19.7 Å². The second-order valence-corrected chi connectivity index (χ2v) is 6.01. The molecule has 1 aromatic carbocycles. The molecule has 0 unspecified atom stereocenters. The molecular weight excluding hydrogens is 270 g/mol. The van der Waals surface area contributed by atoms with E-state index in [4.69, 9.17) is 16.3 Å². The summed E-state index contributed by atoms with van der Waals surface area (Å²) in [5.41, 5.74) is 2.28. The predicted octanol–water partition coefficient (Wildman–Crippen LogP) is 4.93. The normalized spacial score (nSPS) is 11.1. The Hall–Kier alpha value is -0.730. The molecule has 114 valence electrons. The molecule has 0 bridgehead atoms. The first-order chi connectivity index (χ1) is 9.56. The number of aryl methyl sites for hydroxylation is 1. The van der Waals surface area contributed by atoms with Crippen molar-refractivity contribution in [3.05, 3.63) is 28.3 Å². The Morgan fingerprint density at radius 2 is 1.95 bits per heavy atom. The van der Waals surface area contributed by atoms with Gasteiger partial charge >= 0.3 is 0 Å². The maximum atomic E-state index is 6.26. The van der Waals surface area contributed by atoms with Gasteiger partial charge in [0.2, 0.25) is 0 Å². The van der Waals surface area contributed by atoms with E-state index in [0.29, 0.717) is 5.92 Å². The van der Waals surface area contributed by atoms with E-state index in [-0.39, 0.29) is 0 Å². The number of benzene rings is 1. The molecule has 0 saturated heterocycles. The van der Waals surface area contributed by atoms with E-state index in [1.54, 1.807) is 0 Å². The predicted molar refractivity (Wildman–Crippen MR) is 88.2 cm³/mol. The number of ether oxygens (including phenoxy) is 1. The van der Waals surface area contributed by atoms with Crippen LogP contribution in [0.1, 0.15) is 57.1 Å². The molecule has 0 radical (unpaired) electrons. The van der Waals surface area contributed by atoms with Crippen LogP contribution in [0.15, 0.2) is 12.1 Å². The van der Waals surface area contributed by atoms with Gasteiger partial charge in [-0.1, -0.05) is 32.4 Å². The number of unbranched alkanes of at least 4 members (excludes halogenated alkanes) is 1. The smallest absolute Gasteiger partial charge is 0.122 e. The summed E-state index contributed by atoms with van der Waals surface area (Å²) in [5.74, 6) is 1.39. The summed E-state index contributed by atoms with van der Waals surface area (Å²) in [4.78, 5) is 0. The average Bonchev–Trinajstić information content (AvgIpc) is 2.39. The van der Waals surface area contributed by atoms with Crippen LogP contribution in [0.4, 0.5) is 0 Å². The van der Waals surface area contributed by atoms with Crippen molar-refractivity contribution < 1.29 is 4.74 Å². The van der Waals surface area contributed by atoms with E-state index < -0.39 is 0 Å². The van der Waals surface area contributed by atoms with Crippen LogP contribution in [0.5, 0.6) is 5.75 Å². The monoisotopic (exact) mass is 297 g/mol. The highest BCUT2D eigenvalue weighted by Crippen LogP contribution is 2.31. The lowest BCUT2D eigenvalue weighted by Crippen LogP contribution is -2.16. The first-order valence-electron chi connectivity index (χ1n) is 7.69. The standard InChI is InChI=1S/C17H28ClNO/c1-5-8-19-9-6-7-10-20-17-12-15(13(2)3)16(18)11-14(17)4/h11-13,19H,5-10H2,1-4H3. The van der Waals surface area contributed by atoms with Gasteiger partial charge in [0, 0.05) is 5.02 Å². The quantitative estimate of drug-likeness (QED) is 0.653. The molecule has 0 aliphatic carbocycles. The number of hydrogen-bond donors (Lipinski definition) is 1. The maximum Gasteiger partial charge on any atom is 0.122 e. The van der Waals surface area contributed by atoms with Gasteiger partial charge in [0.15, 0.2) is 0 Å². The van der Waals surface area contributed by atoms with Crippen molar-refractivity contribution in [3.8, 4) is 5.75 Å². The third kappa shape index (κ3) is 5.72. The van der Waals surface area contributed by atoms with E-state index in [9.17, 15) is 0 Å². The Morgan fingerprint density at radius 1 is 1.20 bits per heavy atom. The van der Waals surface area contributed by atoms with Crippen molar-refractivity contribution in [2.24, 2.45) is 0 Å². The summed E-state index contributed by atoms with van der Waals surface area (Å²) in [6, 6.07) is 4.10. The minimum absolute atomic E-state index is 0.420. The fourth-order valence-electron chi connectivity index (χ4n) is 2.10. The van der Waals surface area contributed by atoms with Gasteiger partial charge in [-0.15, -0.1) is 0 Å². The van der Waals surface area contributed by atoms with Crippen molar-refractivity contribution >= 4 is 11.6 Å². The summed E-state index contributed by atoms with van der Waals surface area (Å²) in [7, 11) is 0. The van der Waals surface area contributed by atoms with Gasteiger partial charge in [0.1, 0.15) is 5.75 Å². The van der Waals surface area contributed by atoms with Gasteiger partial charge in [0.05, 0.1) is 6.61 Å². The molecule has 0 aliphatic heterocycles. The minimum Gasteiger partial charge on any atom is -0.493 e. The van der Waals surface area contributed by atoms with Crippen LogP contribution in [0.2, 0.25) is 5.02 Å². The molecule has 1 rings (SSSR count). The fraction of sp³-hybridized carbons (Fsp3) is 0.647. The third-order valence-corrected chi connectivity index (χ3v) is 3.68. The molecule has 0 fully saturated rings. The van der Waals surface area contributed by atoms with Gasteiger partial charge in [-0.25, -0.2) is 0 Å². The highest BCUT2D eigenvalue weighted by Gasteiger charge is 2.09. The molecule has 0 aliphatic rings. The average molecular weight is 298 g/mol. The molecule has 0 atom stereocenters. The number of halogens is 1. The lowest BCUT2D eigenvalue weighted by molar-refractivity contribution is 0.303. The molecule has 0 amide bonds. The van der Waals surface area contributed by atoms with E-state index in [2.05, 4.69) is 32.2 Å². The van der Waals surface area contributed by atoms with Crippen LogP contribution in [-0.4, -0.2) is 19.7 Å². The molecule has 0 aromatic heterocycles. The molecule has 0 spiro atoms. The molecular formula is C17H28ClNO. The SMILES string of the molecule is CCCNCCCCOc1cc(C(C)C)c(Cl)cc1C. The molecule has 0 saturated carbocycles. The summed E-state index contributed by atoms with van der Waals surface area (Å²) >= 11 is 6.26. The lowest BCUT2D eigenvalue weighted by Gasteiger charge is -2.14. The fourth-order valence-corrected chi connectivity index (χ4v) is 2.54. The van der Waals surface area contributed by atoms with Crippen molar-refractivity contribution in [1.82, 2.24) is 5.32 Å². The molecule has 1 N–H and O–H groups in total. The van der Waals surface area contributed by atoms with Crippen LogP contribution >= 0.6 is 11.6 Å². The minimum atomic E-state index is 0.420. The molecule has 20 heavy (non-hydrogen) atoms. The summed E-state index contributed by atoms with van der Waals surface area (Å²) in [6.45, 7) is 11.5. The van der Waals surface area contributed by atoms with Crippen molar-refractivity contribution in [2.45, 2.75) is 52.9 Å². The zero-order valence-electron chi connectivity index (χ0n) is 13.3. The van der Waals surface area contributed by atoms with Crippen molar-refractivity contribution in [3.63, 3.8) is 0 Å². The Labute approximate surface area is 128 Å². The van der Waals surface area contributed by atoms with Crippen LogP contribution in [-0.2, 0) is 0 Å². The Bertz CT molecular complexity index is 404. The van der Waals surface area contributed by atoms with E-state index in [1.807, 2.05) is 13.0 Å². The second-order valence-electron chi connectivity index (χ2n) is 5.60. The van der Waals surface area contributed by atoms with Gasteiger partial charge < -0.3 is 10.1 Å². The number of rotatable bonds is 9. The number of hydrogen-bond acceptors (Lipinski definition) is 2. The van der Waals surface area contributed by atoms with Gasteiger partial charge in [-0.2, -0.15) is 0 Å². The summed E-state index contributed by atoms with van der Waals surface area (Å²) in [5, 5.41) is 4.24. The number of nitrogens with one attached hydrogen (secondary N) is 1. The highest BCUT2D eigenvalue weighted by atomic mass is 35.5. The van der Waals surface area contributed by atoms with Crippen LogP contribution in [0, 0.1) is 6.92 Å². The third-order valence-electron chi connectivity index (χ3n) is 3.35. The van der Waals surface area contributed by atoms with E-state index in [1.165, 1.54) is 6.42 Å². The van der Waals surface area contributed by atoms with E-state index in [0.717, 1.165) is 54.4 Å². The van der Waals surface area contributed by atoms with Gasteiger partial charge in [0.25, 0.3) is 0 Å². The Balaban J connectivity index is 2.42. The Morgan fingerprint density at radius 3 is 2.60 bits per heavy atom. The summed E-state index contributed by atoms with van der Waals surface area (Å²) in [6.07, 6.45) is 3.43. The van der Waals surface area contributed by atoms with Gasteiger partial charge in [-0.05, 0) is 68.5 Å². The molecule has 2 nitrogen and oxygen atoms in total. The summed E-state index contributed by atoms with van der Waals surface area (Å²) < 4.78 is 5.90. The van der Waals surface area contributed by atoms with Gasteiger partial charge in [-0.3, -0.25) is 0 Å². The highest BCUT2D eigenvalue weighted by molar-refractivity contribution is 6.31. The van der Waals surface area contributed by atoms with Crippen LogP contribution in [0.3, 0.4) is 0 Å². The molecule has 0 heterocycles.